The second kappa shape index (κ2) is 11.5. The van der Waals surface area contributed by atoms with Crippen LogP contribution in [0.5, 0.6) is 5.75 Å². The summed E-state index contributed by atoms with van der Waals surface area (Å²) in [6, 6.07) is 22.8. The molecule has 1 fully saturated rings. The number of carbonyl (C=O) groups is 1. The van der Waals surface area contributed by atoms with Gasteiger partial charge in [0.2, 0.25) is 0 Å². The number of anilines is 2. The van der Waals surface area contributed by atoms with Crippen LogP contribution in [0.4, 0.5) is 11.4 Å². The fraction of sp³-hybridized carbons (Fsp3) is 0.364. The molecule has 0 spiro atoms. The van der Waals surface area contributed by atoms with Gasteiger partial charge in [-0.05, 0) is 105 Å². The van der Waals surface area contributed by atoms with Crippen LogP contribution in [0.15, 0.2) is 72.9 Å². The lowest BCUT2D eigenvalue weighted by atomic mass is 10.0. The van der Waals surface area contributed by atoms with Crippen molar-refractivity contribution in [1.29, 1.82) is 0 Å². The van der Waals surface area contributed by atoms with Crippen LogP contribution >= 0.6 is 0 Å². The van der Waals surface area contributed by atoms with Gasteiger partial charge in [-0.2, -0.15) is 0 Å². The molecule has 0 bridgehead atoms. The van der Waals surface area contributed by atoms with Gasteiger partial charge in [-0.3, -0.25) is 4.79 Å². The van der Waals surface area contributed by atoms with E-state index in [4.69, 9.17) is 4.74 Å². The summed E-state index contributed by atoms with van der Waals surface area (Å²) in [4.78, 5) is 21.7. The fourth-order valence-corrected chi connectivity index (χ4v) is 5.87. The van der Waals surface area contributed by atoms with E-state index in [1.165, 1.54) is 32.4 Å². The second-order valence-corrected chi connectivity index (χ2v) is 10.9. The number of benzene rings is 3. The minimum Gasteiger partial charge on any atom is -0.493 e. The van der Waals surface area contributed by atoms with E-state index in [2.05, 4.69) is 52.5 Å². The fourth-order valence-electron chi connectivity index (χ4n) is 5.87. The third kappa shape index (κ3) is 5.66. The zero-order valence-electron chi connectivity index (χ0n) is 22.8. The zero-order chi connectivity index (χ0) is 26.6. The van der Waals surface area contributed by atoms with Gasteiger partial charge in [0.25, 0.3) is 5.91 Å². The molecule has 3 heterocycles. The number of carbonyl (C=O) groups excluding carboxylic acids is 1. The molecule has 4 aromatic rings. The summed E-state index contributed by atoms with van der Waals surface area (Å²) in [5.41, 5.74) is 5.79. The quantitative estimate of drug-likeness (QED) is 0.258. The molecule has 0 unspecified atom stereocenters. The number of rotatable bonds is 7. The van der Waals surface area contributed by atoms with E-state index in [0.717, 1.165) is 58.5 Å². The summed E-state index contributed by atoms with van der Waals surface area (Å²) >= 11 is 0. The molecule has 1 saturated heterocycles. The van der Waals surface area contributed by atoms with Gasteiger partial charge in [0.15, 0.2) is 0 Å². The average molecular weight is 523 g/mol. The molecule has 6 heteroatoms. The van der Waals surface area contributed by atoms with Crippen molar-refractivity contribution >= 4 is 28.2 Å². The molecule has 0 saturated carbocycles. The van der Waals surface area contributed by atoms with Crippen molar-refractivity contribution in [3.63, 3.8) is 0 Å². The molecule has 0 aliphatic carbocycles. The number of hydrogen-bond donors (Lipinski definition) is 2. The number of hydrogen-bond acceptors (Lipinski definition) is 4. The molecule has 3 aromatic carbocycles. The third-order valence-corrected chi connectivity index (χ3v) is 8.05. The Morgan fingerprint density at radius 1 is 0.974 bits per heavy atom. The van der Waals surface area contributed by atoms with Crippen molar-refractivity contribution in [3.05, 3.63) is 78.5 Å². The van der Waals surface area contributed by atoms with Gasteiger partial charge in [0, 0.05) is 42.0 Å². The number of nitrogens with zero attached hydrogens (tertiary/aromatic N) is 2. The number of fused-ring (bicyclic) bond motifs is 2. The molecule has 1 atom stereocenters. The topological polar surface area (TPSA) is 60.6 Å². The van der Waals surface area contributed by atoms with Gasteiger partial charge in [-0.15, -0.1) is 0 Å². The van der Waals surface area contributed by atoms with Crippen LogP contribution in [0.3, 0.4) is 0 Å². The lowest BCUT2D eigenvalue weighted by Crippen LogP contribution is -2.32. The van der Waals surface area contributed by atoms with Gasteiger partial charge in [-0.1, -0.05) is 24.6 Å². The molecule has 6 rings (SSSR count). The maximum atomic E-state index is 13.9. The van der Waals surface area contributed by atoms with Crippen molar-refractivity contribution in [2.45, 2.75) is 45.1 Å². The first-order chi connectivity index (χ1) is 19.2. The monoisotopic (exact) mass is 522 g/mol. The van der Waals surface area contributed by atoms with Crippen molar-refractivity contribution in [2.75, 3.05) is 43.0 Å². The lowest BCUT2D eigenvalue weighted by molar-refractivity contribution is 0.0986. The standard InChI is InChI=1S/C33H38N4O2/c1-24-15-20-37(31-9-4-3-8-30(31)35-24)33(38)27-10-12-28(25-11-13-29-26(22-25)14-16-34-29)32(23-27)39-21-7-19-36-17-5-2-6-18-36/h3-4,8-14,16,22-24,34-35H,2,5-7,15,17-21H2,1H3/t24-/m0/s1. The summed E-state index contributed by atoms with van der Waals surface area (Å²) in [6.07, 6.45) is 7.75. The van der Waals surface area contributed by atoms with Crippen molar-refractivity contribution in [1.82, 2.24) is 9.88 Å². The van der Waals surface area contributed by atoms with E-state index in [0.29, 0.717) is 24.8 Å². The summed E-state index contributed by atoms with van der Waals surface area (Å²) in [6.45, 7) is 6.90. The Kier molecular flexibility index (Phi) is 7.55. The smallest absolute Gasteiger partial charge is 0.258 e. The largest absolute Gasteiger partial charge is 0.493 e. The Bertz CT molecular complexity index is 1440. The number of piperidine rings is 1. The number of ether oxygens (including phenoxy) is 1. The summed E-state index contributed by atoms with van der Waals surface area (Å²) in [7, 11) is 0. The molecule has 202 valence electrons. The van der Waals surface area contributed by atoms with Crippen LogP contribution in [-0.4, -0.2) is 54.6 Å². The van der Waals surface area contributed by atoms with Crippen molar-refractivity contribution in [3.8, 4) is 16.9 Å². The minimum absolute atomic E-state index is 0.00385. The van der Waals surface area contributed by atoms with Crippen LogP contribution in [-0.2, 0) is 0 Å². The highest BCUT2D eigenvalue weighted by Gasteiger charge is 2.25. The van der Waals surface area contributed by atoms with Gasteiger partial charge < -0.3 is 24.8 Å². The number of para-hydroxylation sites is 2. The normalized spacial score (nSPS) is 17.9. The number of likely N-dealkylation sites (tertiary alicyclic amines) is 1. The highest BCUT2D eigenvalue weighted by Crippen LogP contribution is 2.35. The van der Waals surface area contributed by atoms with E-state index < -0.39 is 0 Å². The number of H-pyrrole nitrogens is 1. The molecule has 39 heavy (non-hydrogen) atoms. The Labute approximate surface area is 231 Å². The Hall–Kier alpha value is -3.77. The first-order valence-electron chi connectivity index (χ1n) is 14.4. The number of aromatic amines is 1. The van der Waals surface area contributed by atoms with Gasteiger partial charge in [0.1, 0.15) is 5.75 Å². The molecule has 0 radical (unpaired) electrons. The van der Waals surface area contributed by atoms with Crippen LogP contribution in [0, 0.1) is 0 Å². The van der Waals surface area contributed by atoms with Crippen LogP contribution in [0.25, 0.3) is 22.0 Å². The second-order valence-electron chi connectivity index (χ2n) is 10.9. The summed E-state index contributed by atoms with van der Waals surface area (Å²) < 4.78 is 6.45. The lowest BCUT2D eigenvalue weighted by Gasteiger charge is -2.26. The average Bonchev–Trinajstić information content (AvgIpc) is 3.37. The predicted octanol–water partition coefficient (Wildman–Crippen LogP) is 6.94. The van der Waals surface area contributed by atoms with E-state index in [9.17, 15) is 4.79 Å². The molecule has 1 aromatic heterocycles. The molecule has 2 aliphatic rings. The van der Waals surface area contributed by atoms with E-state index >= 15 is 0 Å². The zero-order valence-corrected chi connectivity index (χ0v) is 22.8. The maximum Gasteiger partial charge on any atom is 0.258 e. The summed E-state index contributed by atoms with van der Waals surface area (Å²) in [5, 5.41) is 4.71. The van der Waals surface area contributed by atoms with Crippen LogP contribution in [0.1, 0.15) is 49.4 Å². The van der Waals surface area contributed by atoms with E-state index in [1.807, 2.05) is 47.5 Å². The number of aromatic nitrogens is 1. The molecular weight excluding hydrogens is 484 g/mol. The van der Waals surface area contributed by atoms with Crippen molar-refractivity contribution < 1.29 is 9.53 Å². The van der Waals surface area contributed by atoms with E-state index in [-0.39, 0.29) is 5.91 Å². The molecule has 1 amide bonds. The minimum atomic E-state index is 0.00385. The molecule has 2 N–H and O–H groups in total. The Morgan fingerprint density at radius 2 is 1.85 bits per heavy atom. The third-order valence-electron chi connectivity index (χ3n) is 8.05. The van der Waals surface area contributed by atoms with Crippen LogP contribution in [0.2, 0.25) is 0 Å². The van der Waals surface area contributed by atoms with Crippen molar-refractivity contribution in [2.24, 2.45) is 0 Å². The molecule has 2 aliphatic heterocycles. The highest BCUT2D eigenvalue weighted by atomic mass is 16.5. The Morgan fingerprint density at radius 3 is 2.74 bits per heavy atom. The van der Waals surface area contributed by atoms with Gasteiger partial charge in [0.05, 0.1) is 18.0 Å². The molecular formula is C33H38N4O2. The van der Waals surface area contributed by atoms with Crippen LogP contribution < -0.4 is 15.0 Å². The first kappa shape index (κ1) is 25.5. The van der Waals surface area contributed by atoms with Gasteiger partial charge >= 0.3 is 0 Å². The van der Waals surface area contributed by atoms with Gasteiger partial charge in [-0.25, -0.2) is 0 Å². The SMILES string of the molecule is C[C@H]1CCN(C(=O)c2ccc(-c3ccc4[nH]ccc4c3)c(OCCCN3CCCCC3)c2)c2ccccc2N1. The highest BCUT2D eigenvalue weighted by molar-refractivity contribution is 6.08. The maximum absolute atomic E-state index is 13.9. The molecule has 6 nitrogen and oxygen atoms in total. The number of amides is 1. The number of nitrogens with one attached hydrogen (secondary N) is 2. The first-order valence-corrected chi connectivity index (χ1v) is 14.4. The summed E-state index contributed by atoms with van der Waals surface area (Å²) in [5.74, 6) is 0.771. The predicted molar refractivity (Wildman–Crippen MR) is 160 cm³/mol. The Balaban J connectivity index is 1.28. The van der Waals surface area contributed by atoms with E-state index in [1.54, 1.807) is 0 Å².